The molecule has 1 amide bonds. The Morgan fingerprint density at radius 2 is 1.80 bits per heavy atom. The zero-order valence-electron chi connectivity index (χ0n) is 14.4. The third-order valence-corrected chi connectivity index (χ3v) is 4.56. The summed E-state index contributed by atoms with van der Waals surface area (Å²) in [4.78, 5) is 36.5. The molecule has 1 heterocycles. The summed E-state index contributed by atoms with van der Waals surface area (Å²) >= 11 is 0. The average Bonchev–Trinajstić information content (AvgIpc) is 2.98. The van der Waals surface area contributed by atoms with E-state index in [-0.39, 0.29) is 11.8 Å². The Morgan fingerprint density at radius 3 is 2.36 bits per heavy atom. The molecular formula is C18H24N2O5. The van der Waals surface area contributed by atoms with Gasteiger partial charge in [0.05, 0.1) is 6.04 Å². The molecular weight excluding hydrogens is 324 g/mol. The molecule has 4 atom stereocenters. The SMILES string of the molecule is CC(N[C@@H](C)C(=O)N1C[C@@H](Cc2ccccc2)C[C@H]1C(=O)O)C(=O)O. The second kappa shape index (κ2) is 8.11. The molecule has 1 aliphatic heterocycles. The molecule has 136 valence electrons. The van der Waals surface area contributed by atoms with Gasteiger partial charge in [0.15, 0.2) is 0 Å². The Hall–Kier alpha value is -2.41. The number of likely N-dealkylation sites (tertiary alicyclic amines) is 1. The highest BCUT2D eigenvalue weighted by Crippen LogP contribution is 2.27. The van der Waals surface area contributed by atoms with E-state index in [2.05, 4.69) is 5.32 Å². The molecule has 0 spiro atoms. The predicted molar refractivity (Wildman–Crippen MR) is 91.1 cm³/mol. The summed E-state index contributed by atoms with van der Waals surface area (Å²) in [5, 5.41) is 21.1. The van der Waals surface area contributed by atoms with Crippen molar-refractivity contribution in [1.29, 1.82) is 0 Å². The fraction of sp³-hybridized carbons (Fsp3) is 0.500. The number of nitrogens with one attached hydrogen (secondary N) is 1. The minimum absolute atomic E-state index is 0.0662. The Kier molecular flexibility index (Phi) is 6.14. The smallest absolute Gasteiger partial charge is 0.326 e. The van der Waals surface area contributed by atoms with Gasteiger partial charge in [-0.15, -0.1) is 0 Å². The van der Waals surface area contributed by atoms with Crippen LogP contribution >= 0.6 is 0 Å². The zero-order chi connectivity index (χ0) is 18.6. The second-order valence-corrected chi connectivity index (χ2v) is 6.58. The molecule has 2 rings (SSSR count). The maximum Gasteiger partial charge on any atom is 0.326 e. The van der Waals surface area contributed by atoms with Crippen LogP contribution in [0.5, 0.6) is 0 Å². The Morgan fingerprint density at radius 1 is 1.16 bits per heavy atom. The van der Waals surface area contributed by atoms with E-state index < -0.39 is 30.1 Å². The summed E-state index contributed by atoms with van der Waals surface area (Å²) < 4.78 is 0. The highest BCUT2D eigenvalue weighted by Gasteiger charge is 2.41. The van der Waals surface area contributed by atoms with Crippen molar-refractivity contribution in [1.82, 2.24) is 10.2 Å². The summed E-state index contributed by atoms with van der Waals surface area (Å²) in [6, 6.07) is 7.24. The number of carbonyl (C=O) groups is 3. The van der Waals surface area contributed by atoms with Crippen LogP contribution in [0.4, 0.5) is 0 Å². The summed E-state index contributed by atoms with van der Waals surface area (Å²) in [5.74, 6) is -2.40. The highest BCUT2D eigenvalue weighted by atomic mass is 16.4. The van der Waals surface area contributed by atoms with Crippen LogP contribution < -0.4 is 5.32 Å². The van der Waals surface area contributed by atoms with Gasteiger partial charge in [-0.2, -0.15) is 0 Å². The maximum absolute atomic E-state index is 12.6. The van der Waals surface area contributed by atoms with E-state index in [9.17, 15) is 19.5 Å². The molecule has 1 fully saturated rings. The summed E-state index contributed by atoms with van der Waals surface area (Å²) in [7, 11) is 0. The number of nitrogens with zero attached hydrogens (tertiary/aromatic N) is 1. The Labute approximate surface area is 146 Å². The third-order valence-electron chi connectivity index (χ3n) is 4.56. The zero-order valence-corrected chi connectivity index (χ0v) is 14.4. The number of hydrogen-bond acceptors (Lipinski definition) is 4. The van der Waals surface area contributed by atoms with E-state index in [1.807, 2.05) is 30.3 Å². The van der Waals surface area contributed by atoms with Gasteiger partial charge >= 0.3 is 11.9 Å². The lowest BCUT2D eigenvalue weighted by Crippen LogP contribution is -2.52. The summed E-state index contributed by atoms with van der Waals surface area (Å²) in [6.45, 7) is 3.37. The number of amides is 1. The van der Waals surface area contributed by atoms with Crippen LogP contribution in [0.2, 0.25) is 0 Å². The molecule has 0 aliphatic carbocycles. The van der Waals surface area contributed by atoms with E-state index in [1.54, 1.807) is 6.92 Å². The van der Waals surface area contributed by atoms with Gasteiger partial charge in [-0.05, 0) is 38.2 Å². The van der Waals surface area contributed by atoms with Crippen molar-refractivity contribution >= 4 is 17.8 Å². The largest absolute Gasteiger partial charge is 0.480 e. The van der Waals surface area contributed by atoms with Crippen molar-refractivity contribution in [3.8, 4) is 0 Å². The maximum atomic E-state index is 12.6. The molecule has 1 unspecified atom stereocenters. The van der Waals surface area contributed by atoms with E-state index in [4.69, 9.17) is 5.11 Å². The fourth-order valence-electron chi connectivity index (χ4n) is 3.26. The van der Waals surface area contributed by atoms with Gasteiger partial charge in [0.2, 0.25) is 5.91 Å². The minimum atomic E-state index is -1.06. The van der Waals surface area contributed by atoms with Crippen LogP contribution in [0, 0.1) is 5.92 Å². The predicted octanol–water partition coefficient (Wildman–Crippen LogP) is 0.982. The van der Waals surface area contributed by atoms with Crippen molar-refractivity contribution in [3.05, 3.63) is 35.9 Å². The normalized spacial score (nSPS) is 22.4. The number of benzene rings is 1. The number of rotatable bonds is 7. The number of aliphatic carboxylic acids is 2. The fourth-order valence-corrected chi connectivity index (χ4v) is 3.26. The first kappa shape index (κ1) is 18.9. The van der Waals surface area contributed by atoms with Gasteiger partial charge in [0.25, 0.3) is 0 Å². The van der Waals surface area contributed by atoms with Crippen molar-refractivity contribution in [2.45, 2.75) is 44.8 Å². The van der Waals surface area contributed by atoms with E-state index in [1.165, 1.54) is 11.8 Å². The van der Waals surface area contributed by atoms with Crippen LogP contribution in [-0.2, 0) is 20.8 Å². The molecule has 0 bridgehead atoms. The van der Waals surface area contributed by atoms with Crippen LogP contribution in [-0.4, -0.2) is 57.6 Å². The minimum Gasteiger partial charge on any atom is -0.480 e. The standard InChI is InChI=1S/C18H24N2O5/c1-11(19-12(2)17(22)23)16(21)20-10-14(9-15(20)18(24)25)8-13-6-4-3-5-7-13/h3-7,11-12,14-15,19H,8-10H2,1-2H3,(H,22,23)(H,24,25)/t11-,12?,14-,15-/m0/s1. The lowest BCUT2D eigenvalue weighted by Gasteiger charge is -2.26. The monoisotopic (exact) mass is 348 g/mol. The molecule has 7 heteroatoms. The molecule has 1 aliphatic rings. The number of carboxylic acids is 2. The highest BCUT2D eigenvalue weighted by molar-refractivity contribution is 5.88. The third kappa shape index (κ3) is 4.79. The summed E-state index contributed by atoms with van der Waals surface area (Å²) in [5.41, 5.74) is 1.11. The van der Waals surface area contributed by atoms with Gasteiger partial charge in [-0.3, -0.25) is 14.9 Å². The Balaban J connectivity index is 2.05. The molecule has 25 heavy (non-hydrogen) atoms. The van der Waals surface area contributed by atoms with Crippen molar-refractivity contribution < 1.29 is 24.6 Å². The molecule has 1 aromatic rings. The van der Waals surface area contributed by atoms with Crippen LogP contribution in [0.25, 0.3) is 0 Å². The van der Waals surface area contributed by atoms with Gasteiger partial charge < -0.3 is 15.1 Å². The number of carbonyl (C=O) groups excluding carboxylic acids is 1. The molecule has 7 nitrogen and oxygen atoms in total. The first-order valence-electron chi connectivity index (χ1n) is 8.35. The second-order valence-electron chi connectivity index (χ2n) is 6.58. The number of hydrogen-bond donors (Lipinski definition) is 3. The van der Waals surface area contributed by atoms with E-state index in [0.717, 1.165) is 5.56 Å². The van der Waals surface area contributed by atoms with Crippen LogP contribution in [0.1, 0.15) is 25.8 Å². The van der Waals surface area contributed by atoms with Gasteiger partial charge in [-0.1, -0.05) is 30.3 Å². The Bertz CT molecular complexity index is 634. The van der Waals surface area contributed by atoms with Crippen molar-refractivity contribution in [2.75, 3.05) is 6.54 Å². The molecule has 0 saturated carbocycles. The molecule has 0 radical (unpaired) electrons. The quantitative estimate of drug-likeness (QED) is 0.678. The van der Waals surface area contributed by atoms with Crippen LogP contribution in [0.3, 0.4) is 0 Å². The summed E-state index contributed by atoms with van der Waals surface area (Å²) in [6.07, 6.45) is 1.11. The molecule has 1 aromatic carbocycles. The van der Waals surface area contributed by atoms with Gasteiger partial charge in [0.1, 0.15) is 12.1 Å². The van der Waals surface area contributed by atoms with Crippen molar-refractivity contribution in [2.24, 2.45) is 5.92 Å². The average molecular weight is 348 g/mol. The number of carboxylic acid groups (broad SMARTS) is 2. The van der Waals surface area contributed by atoms with E-state index >= 15 is 0 Å². The molecule has 0 aromatic heterocycles. The van der Waals surface area contributed by atoms with Gasteiger partial charge in [-0.25, -0.2) is 4.79 Å². The lowest BCUT2D eigenvalue weighted by atomic mass is 9.97. The van der Waals surface area contributed by atoms with Gasteiger partial charge in [0, 0.05) is 6.54 Å². The van der Waals surface area contributed by atoms with Crippen LogP contribution in [0.15, 0.2) is 30.3 Å². The first-order chi connectivity index (χ1) is 11.8. The molecule has 3 N–H and O–H groups in total. The topological polar surface area (TPSA) is 107 Å². The first-order valence-corrected chi connectivity index (χ1v) is 8.35. The lowest BCUT2D eigenvalue weighted by molar-refractivity contribution is -0.149. The van der Waals surface area contributed by atoms with E-state index in [0.29, 0.717) is 19.4 Å². The molecule has 1 saturated heterocycles. The van der Waals surface area contributed by atoms with Crippen molar-refractivity contribution in [3.63, 3.8) is 0 Å².